The molecule has 0 aromatic heterocycles. The Labute approximate surface area is 82.4 Å². The molecule has 0 nitrogen and oxygen atoms in total. The number of fused-ring (bicyclic) bond motifs is 1. The molecular weight excluding hydrogens is 194 g/mol. The van der Waals surface area contributed by atoms with E-state index in [1.54, 1.807) is 16.5 Å². The van der Waals surface area contributed by atoms with Gasteiger partial charge in [-0.2, -0.15) is 0 Å². The van der Waals surface area contributed by atoms with Gasteiger partial charge in [-0.05, 0) is 0 Å². The summed E-state index contributed by atoms with van der Waals surface area (Å²) in [4.78, 5) is 0. The number of rotatable bonds is 0. The molecule has 2 rings (SSSR count). The minimum atomic E-state index is -1.03. The summed E-state index contributed by atoms with van der Waals surface area (Å²) in [6, 6.07) is 9.18. The van der Waals surface area contributed by atoms with Crippen molar-refractivity contribution in [1.29, 1.82) is 0 Å². The Morgan fingerprint density at radius 1 is 0.846 bits per heavy atom. The van der Waals surface area contributed by atoms with Crippen LogP contribution in [0.4, 0.5) is 0 Å². The summed E-state index contributed by atoms with van der Waals surface area (Å²) in [6.07, 6.45) is 0. The molecule has 74 valence electrons. The van der Waals surface area contributed by atoms with Crippen LogP contribution in [0, 0.1) is 0 Å². The van der Waals surface area contributed by atoms with Gasteiger partial charge < -0.3 is 0 Å². The number of hydrogen-bond donors (Lipinski definition) is 0. The van der Waals surface area contributed by atoms with Gasteiger partial charge >= 0.3 is 82.0 Å². The molecule has 0 atom stereocenters. The van der Waals surface area contributed by atoms with Gasteiger partial charge in [0.2, 0.25) is 0 Å². The van der Waals surface area contributed by atoms with Crippen LogP contribution >= 0.6 is 14.5 Å². The van der Waals surface area contributed by atoms with Gasteiger partial charge in [0, 0.05) is 0 Å². The first-order valence-electron chi connectivity index (χ1n) is 5.03. The fourth-order valence-corrected chi connectivity index (χ4v) is 18.1. The molecule has 13 heavy (non-hydrogen) atoms. The summed E-state index contributed by atoms with van der Waals surface area (Å²) in [5.74, 6) is 1.54. The third kappa shape index (κ3) is 1.45. The molecule has 1 heterocycles. The standard InChI is InChI=1S/C11H20P2/c1-12(2)9-13(3,4)11-8-6-5-7-10(11)12/h5-8,12-13H,9H2,1-4H3. The average molecular weight is 214 g/mol. The Balaban J connectivity index is 2.64. The van der Waals surface area contributed by atoms with Crippen LogP contribution in [-0.2, 0) is 0 Å². The van der Waals surface area contributed by atoms with Gasteiger partial charge in [0.15, 0.2) is 0 Å². The van der Waals surface area contributed by atoms with E-state index in [-0.39, 0.29) is 0 Å². The molecule has 0 unspecified atom stereocenters. The Hall–Kier alpha value is 0.0800. The van der Waals surface area contributed by atoms with Gasteiger partial charge in [0.1, 0.15) is 0 Å². The summed E-state index contributed by atoms with van der Waals surface area (Å²) in [6.45, 7) is 10.1. The van der Waals surface area contributed by atoms with E-state index in [1.165, 1.54) is 0 Å². The van der Waals surface area contributed by atoms with E-state index in [9.17, 15) is 0 Å². The Morgan fingerprint density at radius 3 is 1.62 bits per heavy atom. The van der Waals surface area contributed by atoms with Crippen LogP contribution in [-0.4, -0.2) is 32.6 Å². The molecule has 0 aliphatic carbocycles. The van der Waals surface area contributed by atoms with Gasteiger partial charge in [-0.1, -0.05) is 0 Å². The number of hydrogen-bond acceptors (Lipinski definition) is 0. The molecule has 0 radical (unpaired) electrons. The Bertz CT molecular complexity index is 307. The van der Waals surface area contributed by atoms with Crippen molar-refractivity contribution in [3.8, 4) is 0 Å². The van der Waals surface area contributed by atoms with Crippen molar-refractivity contribution in [2.45, 2.75) is 0 Å². The Morgan fingerprint density at radius 2 is 1.23 bits per heavy atom. The van der Waals surface area contributed by atoms with Crippen molar-refractivity contribution < 1.29 is 0 Å². The van der Waals surface area contributed by atoms with Crippen LogP contribution in [0.5, 0.6) is 0 Å². The first-order valence-corrected chi connectivity index (χ1v) is 11.4. The second-order valence-electron chi connectivity index (χ2n) is 5.49. The summed E-state index contributed by atoms with van der Waals surface area (Å²) in [5, 5.41) is 3.48. The fraction of sp³-hybridized carbons (Fsp3) is 0.455. The molecule has 1 aliphatic heterocycles. The third-order valence-corrected chi connectivity index (χ3v) is 14.4. The van der Waals surface area contributed by atoms with E-state index in [1.807, 2.05) is 0 Å². The van der Waals surface area contributed by atoms with Gasteiger partial charge in [0.25, 0.3) is 0 Å². The molecule has 0 saturated heterocycles. The molecule has 1 aliphatic rings. The van der Waals surface area contributed by atoms with Crippen LogP contribution in [0.2, 0.25) is 0 Å². The van der Waals surface area contributed by atoms with Crippen molar-refractivity contribution in [1.82, 2.24) is 0 Å². The van der Waals surface area contributed by atoms with Crippen LogP contribution in [0.3, 0.4) is 0 Å². The topological polar surface area (TPSA) is 0 Å². The third-order valence-electron chi connectivity index (χ3n) is 3.27. The quantitative estimate of drug-likeness (QED) is 0.579. The van der Waals surface area contributed by atoms with Crippen molar-refractivity contribution in [3.63, 3.8) is 0 Å². The molecule has 1 aromatic rings. The summed E-state index contributed by atoms with van der Waals surface area (Å²) in [7, 11) is -2.07. The average Bonchev–Trinajstić information content (AvgIpc) is 2.20. The molecule has 0 amide bonds. The molecule has 0 N–H and O–H groups in total. The van der Waals surface area contributed by atoms with E-state index in [0.717, 1.165) is 0 Å². The van der Waals surface area contributed by atoms with Gasteiger partial charge in [0.05, 0.1) is 0 Å². The van der Waals surface area contributed by atoms with Gasteiger partial charge in [-0.15, -0.1) is 0 Å². The molecule has 0 fully saturated rings. The van der Waals surface area contributed by atoms with Crippen LogP contribution in [0.15, 0.2) is 24.3 Å². The normalized spacial score (nSPS) is 27.7. The zero-order valence-corrected chi connectivity index (χ0v) is 11.0. The van der Waals surface area contributed by atoms with E-state index >= 15 is 0 Å². The molecule has 0 bridgehead atoms. The summed E-state index contributed by atoms with van der Waals surface area (Å²) >= 11 is 0. The van der Waals surface area contributed by atoms with Crippen LogP contribution < -0.4 is 10.6 Å². The van der Waals surface area contributed by atoms with Crippen molar-refractivity contribution in [3.05, 3.63) is 24.3 Å². The zero-order chi connectivity index (χ0) is 9.69. The Kier molecular flexibility index (Phi) is 2.06. The second kappa shape index (κ2) is 2.78. The zero-order valence-electron chi connectivity index (χ0n) is 9.02. The number of benzene rings is 1. The predicted molar refractivity (Wildman–Crippen MR) is 70.9 cm³/mol. The molecular formula is C11H20P2. The van der Waals surface area contributed by atoms with Gasteiger partial charge in [-0.25, -0.2) is 0 Å². The van der Waals surface area contributed by atoms with Crippen molar-refractivity contribution in [2.75, 3.05) is 32.6 Å². The second-order valence-corrected chi connectivity index (χ2v) is 15.5. The van der Waals surface area contributed by atoms with E-state index < -0.39 is 14.5 Å². The maximum absolute atomic E-state index is 2.52. The fourth-order valence-electron chi connectivity index (χ4n) is 2.96. The van der Waals surface area contributed by atoms with E-state index in [2.05, 4.69) is 50.9 Å². The molecule has 0 saturated carbocycles. The maximum atomic E-state index is 2.52. The minimum absolute atomic E-state index is 1.03. The van der Waals surface area contributed by atoms with Crippen molar-refractivity contribution >= 4 is 25.1 Å². The summed E-state index contributed by atoms with van der Waals surface area (Å²) in [5.41, 5.74) is 0. The van der Waals surface area contributed by atoms with Crippen LogP contribution in [0.1, 0.15) is 0 Å². The monoisotopic (exact) mass is 214 g/mol. The SMILES string of the molecule is C[PH]1(C)C[PH](C)(C)c2ccccc21. The van der Waals surface area contributed by atoms with E-state index in [4.69, 9.17) is 0 Å². The molecule has 2 heteroatoms. The molecule has 0 spiro atoms. The first kappa shape index (κ1) is 9.63. The van der Waals surface area contributed by atoms with E-state index in [0.29, 0.717) is 0 Å². The van der Waals surface area contributed by atoms with Gasteiger partial charge in [-0.3, -0.25) is 0 Å². The first-order chi connectivity index (χ1) is 5.93. The van der Waals surface area contributed by atoms with Crippen LogP contribution in [0.25, 0.3) is 0 Å². The predicted octanol–water partition coefficient (Wildman–Crippen LogP) is 1.93. The molecule has 1 aromatic carbocycles. The van der Waals surface area contributed by atoms with Crippen molar-refractivity contribution in [2.24, 2.45) is 0 Å². The summed E-state index contributed by atoms with van der Waals surface area (Å²) < 4.78 is 0.